The minimum Gasteiger partial charge on any atom is -0.493 e. The molecule has 0 saturated carbocycles. The van der Waals surface area contributed by atoms with Gasteiger partial charge in [-0.25, -0.2) is 4.79 Å². The number of ketones is 1. The number of hydrogen-bond donors (Lipinski definition) is 0. The molecule has 0 aromatic heterocycles. The highest BCUT2D eigenvalue weighted by atomic mass is 16.6. The fourth-order valence-electron chi connectivity index (χ4n) is 2.02. The molecule has 0 fully saturated rings. The Balaban J connectivity index is 2.37. The van der Waals surface area contributed by atoms with E-state index in [-0.39, 0.29) is 18.1 Å². The summed E-state index contributed by atoms with van der Waals surface area (Å²) >= 11 is 0. The highest BCUT2D eigenvalue weighted by Crippen LogP contribution is 2.38. The molecule has 2 heterocycles. The van der Waals surface area contributed by atoms with Gasteiger partial charge in [0.1, 0.15) is 11.7 Å². The van der Waals surface area contributed by atoms with Crippen molar-refractivity contribution < 1.29 is 23.8 Å². The molecule has 0 spiro atoms. The van der Waals surface area contributed by atoms with E-state index in [1.807, 2.05) is 0 Å². The van der Waals surface area contributed by atoms with Crippen LogP contribution in [0.4, 0.5) is 0 Å². The molecule has 0 aromatic carbocycles. The first-order valence-electron chi connectivity index (χ1n) is 5.40. The van der Waals surface area contributed by atoms with Crippen molar-refractivity contribution >= 4 is 11.8 Å². The maximum atomic E-state index is 11.8. The van der Waals surface area contributed by atoms with Crippen LogP contribution < -0.4 is 0 Å². The summed E-state index contributed by atoms with van der Waals surface area (Å²) in [6.45, 7) is 3.72. The summed E-state index contributed by atoms with van der Waals surface area (Å²) in [6.07, 6.45) is 2.27. The molecule has 2 rings (SSSR count). The van der Waals surface area contributed by atoms with Crippen molar-refractivity contribution in [3.63, 3.8) is 0 Å². The fraction of sp³-hybridized carbons (Fsp3) is 0.500. The van der Waals surface area contributed by atoms with Crippen LogP contribution in [0.3, 0.4) is 0 Å². The van der Waals surface area contributed by atoms with Crippen LogP contribution in [0.25, 0.3) is 0 Å². The number of carbonyl (C=O) groups excluding carboxylic acids is 2. The van der Waals surface area contributed by atoms with Gasteiger partial charge in [-0.2, -0.15) is 0 Å². The summed E-state index contributed by atoms with van der Waals surface area (Å²) in [4.78, 5) is 23.5. The van der Waals surface area contributed by atoms with Crippen LogP contribution in [0.15, 0.2) is 23.5 Å². The van der Waals surface area contributed by atoms with E-state index in [1.165, 1.54) is 19.3 Å². The lowest BCUT2D eigenvalue weighted by atomic mass is 9.96. The van der Waals surface area contributed by atoms with E-state index in [9.17, 15) is 9.59 Å². The van der Waals surface area contributed by atoms with E-state index in [4.69, 9.17) is 14.2 Å². The van der Waals surface area contributed by atoms with Gasteiger partial charge in [-0.1, -0.05) is 0 Å². The Labute approximate surface area is 99.0 Å². The second-order valence-corrected chi connectivity index (χ2v) is 4.02. The summed E-state index contributed by atoms with van der Waals surface area (Å²) in [6, 6.07) is 0. The van der Waals surface area contributed by atoms with E-state index in [2.05, 4.69) is 0 Å². The Morgan fingerprint density at radius 1 is 1.59 bits per heavy atom. The second-order valence-electron chi connectivity index (χ2n) is 4.02. The van der Waals surface area contributed by atoms with Gasteiger partial charge in [0.25, 0.3) is 0 Å². The molecular weight excluding hydrogens is 224 g/mol. The van der Waals surface area contributed by atoms with Crippen molar-refractivity contribution in [3.8, 4) is 0 Å². The maximum Gasteiger partial charge on any atom is 0.337 e. The second kappa shape index (κ2) is 4.00. The number of Topliss-reactive ketones (excluding diaryl/α,β-unsaturated/α-hetero) is 1. The van der Waals surface area contributed by atoms with Crippen molar-refractivity contribution in [1.82, 2.24) is 0 Å². The minimum absolute atomic E-state index is 0.222. The van der Waals surface area contributed by atoms with Crippen molar-refractivity contribution in [2.24, 2.45) is 0 Å². The zero-order valence-electron chi connectivity index (χ0n) is 9.98. The van der Waals surface area contributed by atoms with Gasteiger partial charge in [0.05, 0.1) is 19.3 Å². The Bertz CT molecular complexity index is 434. The first-order chi connectivity index (χ1) is 8.01. The molecular formula is C12H14O5. The molecule has 0 N–H and O–H groups in total. The Morgan fingerprint density at radius 3 is 2.88 bits per heavy atom. The molecule has 0 aromatic rings. The van der Waals surface area contributed by atoms with E-state index in [1.54, 1.807) is 13.8 Å². The molecule has 2 bridgehead atoms. The topological polar surface area (TPSA) is 61.8 Å². The Kier molecular flexibility index (Phi) is 2.79. The average Bonchev–Trinajstić information content (AvgIpc) is 2.59. The molecule has 0 radical (unpaired) electrons. The molecule has 2 aliphatic heterocycles. The van der Waals surface area contributed by atoms with Gasteiger partial charge in [-0.05, 0) is 26.0 Å². The highest BCUT2D eigenvalue weighted by molar-refractivity contribution is 6.04. The van der Waals surface area contributed by atoms with Gasteiger partial charge in [-0.15, -0.1) is 0 Å². The molecule has 2 aliphatic rings. The summed E-state index contributed by atoms with van der Waals surface area (Å²) < 4.78 is 15.4. The van der Waals surface area contributed by atoms with Crippen LogP contribution in [0, 0.1) is 0 Å². The molecule has 5 nitrogen and oxygen atoms in total. The van der Waals surface area contributed by atoms with E-state index in [0.717, 1.165) is 0 Å². The fourth-order valence-corrected chi connectivity index (χ4v) is 2.02. The third-order valence-electron chi connectivity index (χ3n) is 2.85. The first kappa shape index (κ1) is 11.9. The molecule has 5 heteroatoms. The smallest absolute Gasteiger partial charge is 0.337 e. The molecule has 92 valence electrons. The maximum absolute atomic E-state index is 11.8. The predicted octanol–water partition coefficient (Wildman–Crippen LogP) is 0.746. The van der Waals surface area contributed by atoms with Crippen LogP contribution in [0.2, 0.25) is 0 Å². The largest absolute Gasteiger partial charge is 0.493 e. The highest BCUT2D eigenvalue weighted by Gasteiger charge is 2.48. The minimum atomic E-state index is -0.934. The average molecular weight is 238 g/mol. The zero-order valence-corrected chi connectivity index (χ0v) is 9.98. The summed E-state index contributed by atoms with van der Waals surface area (Å²) in [7, 11) is 1.42. The molecule has 0 saturated heterocycles. The lowest BCUT2D eigenvalue weighted by Gasteiger charge is -2.28. The van der Waals surface area contributed by atoms with Crippen LogP contribution in [-0.2, 0) is 23.8 Å². The molecule has 2 unspecified atom stereocenters. The molecule has 17 heavy (non-hydrogen) atoms. The number of fused-ring (bicyclic) bond motifs is 2. The van der Waals surface area contributed by atoms with Gasteiger partial charge < -0.3 is 14.2 Å². The van der Waals surface area contributed by atoms with Crippen LogP contribution >= 0.6 is 0 Å². The standard InChI is InChI=1S/C12H14O5/c1-4-16-11(14)7-5-8-10(13)9(15-3)6-12(7,2)17-8/h5-6,8H,4H2,1-3H3. The van der Waals surface area contributed by atoms with Gasteiger partial charge in [0.15, 0.2) is 5.76 Å². The number of carbonyl (C=O) groups is 2. The number of rotatable bonds is 3. The number of hydrogen-bond acceptors (Lipinski definition) is 5. The summed E-state index contributed by atoms with van der Waals surface area (Å²) in [5.74, 6) is -0.512. The van der Waals surface area contributed by atoms with Crippen LogP contribution in [-0.4, -0.2) is 37.2 Å². The third-order valence-corrected chi connectivity index (χ3v) is 2.85. The number of ether oxygens (including phenoxy) is 3. The van der Waals surface area contributed by atoms with Crippen molar-refractivity contribution in [1.29, 1.82) is 0 Å². The number of esters is 1. The van der Waals surface area contributed by atoms with E-state index in [0.29, 0.717) is 5.57 Å². The third kappa shape index (κ3) is 1.76. The quantitative estimate of drug-likeness (QED) is 0.679. The summed E-state index contributed by atoms with van der Waals surface area (Å²) in [5, 5.41) is 0. The normalized spacial score (nSPS) is 30.8. The first-order valence-corrected chi connectivity index (χ1v) is 5.40. The zero-order chi connectivity index (χ0) is 12.6. The lowest BCUT2D eigenvalue weighted by molar-refractivity contribution is -0.142. The Morgan fingerprint density at radius 2 is 2.29 bits per heavy atom. The predicted molar refractivity (Wildman–Crippen MR) is 58.1 cm³/mol. The Hall–Kier alpha value is -1.62. The summed E-state index contributed by atoms with van der Waals surface area (Å²) in [5.41, 5.74) is -0.583. The van der Waals surface area contributed by atoms with Gasteiger partial charge in [0.2, 0.25) is 5.78 Å². The van der Waals surface area contributed by atoms with Crippen LogP contribution in [0.5, 0.6) is 0 Å². The number of methoxy groups -OCH3 is 1. The van der Waals surface area contributed by atoms with Gasteiger partial charge in [-0.3, -0.25) is 4.79 Å². The SMILES string of the molecule is CCOC(=O)C1=CC2OC1(C)C=C(OC)C2=O. The van der Waals surface area contributed by atoms with E-state index < -0.39 is 17.7 Å². The molecule has 2 atom stereocenters. The molecule has 0 aliphatic carbocycles. The molecule has 0 amide bonds. The van der Waals surface area contributed by atoms with Gasteiger partial charge >= 0.3 is 5.97 Å². The monoisotopic (exact) mass is 238 g/mol. The van der Waals surface area contributed by atoms with Crippen molar-refractivity contribution in [2.75, 3.05) is 13.7 Å². The van der Waals surface area contributed by atoms with Crippen LogP contribution in [0.1, 0.15) is 13.8 Å². The van der Waals surface area contributed by atoms with Gasteiger partial charge in [0, 0.05) is 0 Å². The lowest BCUT2D eigenvalue weighted by Crippen LogP contribution is -2.38. The van der Waals surface area contributed by atoms with Crippen molar-refractivity contribution in [3.05, 3.63) is 23.5 Å². The van der Waals surface area contributed by atoms with Crippen molar-refractivity contribution in [2.45, 2.75) is 25.6 Å². The van der Waals surface area contributed by atoms with E-state index >= 15 is 0 Å².